The fourth-order valence-electron chi connectivity index (χ4n) is 2.43. The van der Waals surface area contributed by atoms with E-state index >= 15 is 0 Å². The van der Waals surface area contributed by atoms with E-state index in [0.717, 1.165) is 19.3 Å². The number of hydrogen-bond donors (Lipinski definition) is 1. The first kappa shape index (κ1) is 16.9. The van der Waals surface area contributed by atoms with Gasteiger partial charge in [-0.05, 0) is 36.5 Å². The van der Waals surface area contributed by atoms with Crippen LogP contribution in [-0.2, 0) is 10.0 Å². The van der Waals surface area contributed by atoms with Gasteiger partial charge in [0, 0.05) is 19.7 Å². The van der Waals surface area contributed by atoms with Gasteiger partial charge in [0.1, 0.15) is 0 Å². The van der Waals surface area contributed by atoms with Crippen LogP contribution in [-0.4, -0.2) is 43.3 Å². The van der Waals surface area contributed by atoms with Gasteiger partial charge in [-0.1, -0.05) is 27.7 Å². The molecule has 1 N–H and O–H groups in total. The van der Waals surface area contributed by atoms with Crippen molar-refractivity contribution in [3.8, 4) is 0 Å². The topological polar surface area (TPSA) is 57.6 Å². The monoisotopic (exact) mass is 291 g/mol. The van der Waals surface area contributed by atoms with Gasteiger partial charge >= 0.3 is 0 Å². The SMILES string of the molecule is CCC1(CO)CCN(S(=O)(=O)CCC(C)(C)C)CC1. The van der Waals surface area contributed by atoms with Gasteiger partial charge in [0.15, 0.2) is 0 Å². The summed E-state index contributed by atoms with van der Waals surface area (Å²) in [5.41, 5.74) is -0.0167. The number of piperidine rings is 1. The van der Waals surface area contributed by atoms with Gasteiger partial charge in [-0.25, -0.2) is 12.7 Å². The zero-order valence-corrected chi connectivity index (χ0v) is 13.6. The van der Waals surface area contributed by atoms with Crippen LogP contribution in [0, 0.1) is 10.8 Å². The number of nitrogens with zero attached hydrogens (tertiary/aromatic N) is 1. The third kappa shape index (κ3) is 4.72. The van der Waals surface area contributed by atoms with Gasteiger partial charge in [-0.3, -0.25) is 0 Å². The molecule has 0 aromatic rings. The molecule has 1 heterocycles. The lowest BCUT2D eigenvalue weighted by molar-refractivity contribution is 0.0647. The molecular formula is C14H29NO3S. The molecule has 1 rings (SSSR count). The molecule has 19 heavy (non-hydrogen) atoms. The van der Waals surface area contributed by atoms with Crippen molar-refractivity contribution in [1.29, 1.82) is 0 Å². The minimum atomic E-state index is -3.13. The molecule has 114 valence electrons. The molecule has 0 aliphatic carbocycles. The highest BCUT2D eigenvalue weighted by molar-refractivity contribution is 7.89. The predicted molar refractivity (Wildman–Crippen MR) is 78.5 cm³/mol. The third-order valence-corrected chi connectivity index (χ3v) is 6.24. The normalized spacial score (nSPS) is 21.5. The molecule has 0 amide bonds. The second-order valence-corrected chi connectivity index (χ2v) is 9.13. The summed E-state index contributed by atoms with van der Waals surface area (Å²) in [6.07, 6.45) is 3.15. The van der Waals surface area contributed by atoms with Crippen molar-refractivity contribution in [3.05, 3.63) is 0 Å². The average molecular weight is 291 g/mol. The molecule has 0 aromatic carbocycles. The van der Waals surface area contributed by atoms with Crippen molar-refractivity contribution in [2.24, 2.45) is 10.8 Å². The lowest BCUT2D eigenvalue weighted by Crippen LogP contribution is -2.45. The summed E-state index contributed by atoms with van der Waals surface area (Å²) in [4.78, 5) is 0. The summed E-state index contributed by atoms with van der Waals surface area (Å²) in [6.45, 7) is 9.53. The number of aliphatic hydroxyl groups is 1. The maximum absolute atomic E-state index is 12.3. The van der Waals surface area contributed by atoms with E-state index in [2.05, 4.69) is 27.7 Å². The van der Waals surface area contributed by atoms with Crippen LogP contribution in [0.15, 0.2) is 0 Å². The Hall–Kier alpha value is -0.130. The van der Waals surface area contributed by atoms with Crippen molar-refractivity contribution in [3.63, 3.8) is 0 Å². The molecule has 0 saturated carbocycles. The number of hydrogen-bond acceptors (Lipinski definition) is 3. The summed E-state index contributed by atoms with van der Waals surface area (Å²) in [5.74, 6) is 0.231. The zero-order chi connectivity index (χ0) is 14.7. The Bertz CT molecular complexity index is 370. The Morgan fingerprint density at radius 2 is 1.74 bits per heavy atom. The molecule has 0 radical (unpaired) electrons. The van der Waals surface area contributed by atoms with Crippen LogP contribution in [0.3, 0.4) is 0 Å². The van der Waals surface area contributed by atoms with E-state index in [0.29, 0.717) is 19.5 Å². The van der Waals surface area contributed by atoms with Crippen molar-refractivity contribution in [2.75, 3.05) is 25.4 Å². The highest BCUT2D eigenvalue weighted by atomic mass is 32.2. The van der Waals surface area contributed by atoms with Gasteiger partial charge in [-0.2, -0.15) is 0 Å². The van der Waals surface area contributed by atoms with E-state index < -0.39 is 10.0 Å². The first-order chi connectivity index (χ1) is 8.64. The minimum Gasteiger partial charge on any atom is -0.396 e. The molecule has 1 fully saturated rings. The summed E-state index contributed by atoms with van der Waals surface area (Å²) in [5, 5.41) is 9.47. The van der Waals surface area contributed by atoms with Crippen molar-refractivity contribution < 1.29 is 13.5 Å². The van der Waals surface area contributed by atoms with Crippen LogP contribution in [0.5, 0.6) is 0 Å². The Morgan fingerprint density at radius 3 is 2.11 bits per heavy atom. The predicted octanol–water partition coefficient (Wildman–Crippen LogP) is 2.24. The van der Waals surface area contributed by atoms with E-state index in [1.54, 1.807) is 4.31 Å². The summed E-state index contributed by atoms with van der Waals surface area (Å²) >= 11 is 0. The van der Waals surface area contributed by atoms with Crippen molar-refractivity contribution in [2.45, 2.75) is 53.4 Å². The van der Waals surface area contributed by atoms with E-state index in [1.807, 2.05) is 0 Å². The zero-order valence-electron chi connectivity index (χ0n) is 12.8. The molecule has 1 aliphatic rings. The summed E-state index contributed by atoms with van der Waals surface area (Å²) in [6, 6.07) is 0. The number of rotatable bonds is 5. The largest absolute Gasteiger partial charge is 0.396 e. The Labute approximate surface area is 118 Å². The van der Waals surface area contributed by atoms with E-state index in [9.17, 15) is 13.5 Å². The number of sulfonamides is 1. The summed E-state index contributed by atoms with van der Waals surface area (Å²) in [7, 11) is -3.13. The van der Waals surface area contributed by atoms with Crippen LogP contribution in [0.4, 0.5) is 0 Å². The van der Waals surface area contributed by atoms with Crippen LogP contribution >= 0.6 is 0 Å². The maximum atomic E-state index is 12.3. The second kappa shape index (κ2) is 6.10. The number of aliphatic hydroxyl groups excluding tert-OH is 1. The Balaban J connectivity index is 2.59. The van der Waals surface area contributed by atoms with Crippen molar-refractivity contribution in [1.82, 2.24) is 4.31 Å². The standard InChI is InChI=1S/C14H29NO3S/c1-5-14(12-16)6-9-15(10-7-14)19(17,18)11-8-13(2,3)4/h16H,5-12H2,1-4H3. The Morgan fingerprint density at radius 1 is 1.21 bits per heavy atom. The van der Waals surface area contributed by atoms with Gasteiger partial charge in [0.25, 0.3) is 0 Å². The lowest BCUT2D eigenvalue weighted by atomic mass is 9.77. The van der Waals surface area contributed by atoms with Crippen LogP contribution in [0.25, 0.3) is 0 Å². The Kier molecular flexibility index (Phi) is 5.43. The van der Waals surface area contributed by atoms with Gasteiger partial charge in [-0.15, -0.1) is 0 Å². The fourth-order valence-corrected chi connectivity index (χ4v) is 4.29. The molecule has 1 saturated heterocycles. The van der Waals surface area contributed by atoms with E-state index in [1.165, 1.54) is 0 Å². The first-order valence-corrected chi connectivity index (χ1v) is 8.84. The highest BCUT2D eigenvalue weighted by Gasteiger charge is 2.36. The fraction of sp³-hybridized carbons (Fsp3) is 1.00. The third-order valence-electron chi connectivity index (χ3n) is 4.37. The molecule has 0 spiro atoms. The van der Waals surface area contributed by atoms with Crippen LogP contribution < -0.4 is 0 Å². The van der Waals surface area contributed by atoms with Crippen molar-refractivity contribution >= 4 is 10.0 Å². The lowest BCUT2D eigenvalue weighted by Gasteiger charge is -2.39. The van der Waals surface area contributed by atoms with E-state index in [4.69, 9.17) is 0 Å². The summed E-state index contributed by atoms with van der Waals surface area (Å²) < 4.78 is 26.2. The molecule has 0 unspecified atom stereocenters. The smallest absolute Gasteiger partial charge is 0.214 e. The second-order valence-electron chi connectivity index (χ2n) is 7.04. The van der Waals surface area contributed by atoms with Crippen LogP contribution in [0.2, 0.25) is 0 Å². The molecule has 4 nitrogen and oxygen atoms in total. The highest BCUT2D eigenvalue weighted by Crippen LogP contribution is 2.35. The molecule has 0 bridgehead atoms. The quantitative estimate of drug-likeness (QED) is 0.845. The molecular weight excluding hydrogens is 262 g/mol. The molecule has 0 aromatic heterocycles. The van der Waals surface area contributed by atoms with Gasteiger partial charge in [0.05, 0.1) is 5.75 Å². The first-order valence-electron chi connectivity index (χ1n) is 7.23. The molecule has 0 atom stereocenters. The molecule has 5 heteroatoms. The van der Waals surface area contributed by atoms with Crippen LogP contribution in [0.1, 0.15) is 53.4 Å². The maximum Gasteiger partial charge on any atom is 0.214 e. The van der Waals surface area contributed by atoms with E-state index in [-0.39, 0.29) is 23.2 Å². The minimum absolute atomic E-state index is 0.0428. The van der Waals surface area contributed by atoms with Gasteiger partial charge < -0.3 is 5.11 Å². The average Bonchev–Trinajstić information content (AvgIpc) is 2.36. The molecule has 1 aliphatic heterocycles. The van der Waals surface area contributed by atoms with Gasteiger partial charge in [0.2, 0.25) is 10.0 Å².